The highest BCUT2D eigenvalue weighted by molar-refractivity contribution is 6.31. The molecule has 0 saturated heterocycles. The zero-order valence-electron chi connectivity index (χ0n) is 17.0. The molecule has 1 heterocycles. The van der Waals surface area contributed by atoms with Crippen LogP contribution < -0.4 is 10.1 Å². The fourth-order valence-electron chi connectivity index (χ4n) is 3.28. The lowest BCUT2D eigenvalue weighted by Crippen LogP contribution is -2.39. The summed E-state index contributed by atoms with van der Waals surface area (Å²) in [5.41, 5.74) is 1.27. The Labute approximate surface area is 179 Å². The molecule has 0 saturated carbocycles. The van der Waals surface area contributed by atoms with Gasteiger partial charge in [-0.25, -0.2) is 14.2 Å². The van der Waals surface area contributed by atoms with Crippen LogP contribution in [0.15, 0.2) is 48.7 Å². The number of fused-ring (bicyclic) bond motifs is 1. The number of nitrogens with zero attached hydrogens (tertiary/aromatic N) is 2. The molecule has 2 amide bonds. The number of carbonyl (C=O) groups is 1. The van der Waals surface area contributed by atoms with E-state index in [0.29, 0.717) is 24.7 Å². The van der Waals surface area contributed by atoms with Gasteiger partial charge in [0.05, 0.1) is 24.8 Å². The van der Waals surface area contributed by atoms with E-state index >= 15 is 0 Å². The highest BCUT2D eigenvalue weighted by Gasteiger charge is 2.24. The number of hydrogen-bond acceptors (Lipinski definition) is 4. The molecule has 0 bridgehead atoms. The molecule has 0 aliphatic rings. The van der Waals surface area contributed by atoms with Crippen LogP contribution in [-0.2, 0) is 4.74 Å². The molecule has 6 nitrogen and oxygen atoms in total. The Morgan fingerprint density at radius 3 is 2.63 bits per heavy atom. The fourth-order valence-corrected chi connectivity index (χ4v) is 3.46. The van der Waals surface area contributed by atoms with Gasteiger partial charge in [-0.05, 0) is 36.6 Å². The second-order valence-corrected chi connectivity index (χ2v) is 7.10. The number of hydrogen-bond donors (Lipinski definition) is 1. The molecule has 0 aliphatic carbocycles. The summed E-state index contributed by atoms with van der Waals surface area (Å²) in [7, 11) is 3.15. The van der Waals surface area contributed by atoms with Gasteiger partial charge in [-0.3, -0.25) is 0 Å². The molecule has 30 heavy (non-hydrogen) atoms. The van der Waals surface area contributed by atoms with Crippen LogP contribution in [0.2, 0.25) is 5.02 Å². The number of rotatable bonds is 7. The summed E-state index contributed by atoms with van der Waals surface area (Å²) in [4.78, 5) is 19.1. The molecule has 0 unspecified atom stereocenters. The smallest absolute Gasteiger partial charge is 0.322 e. The van der Waals surface area contributed by atoms with Crippen LogP contribution in [0.3, 0.4) is 0 Å². The minimum Gasteiger partial charge on any atom is -0.481 e. The van der Waals surface area contributed by atoms with Crippen molar-refractivity contribution in [2.75, 3.05) is 32.7 Å². The Bertz CT molecular complexity index is 1050. The van der Waals surface area contributed by atoms with Crippen LogP contribution in [0.4, 0.5) is 14.9 Å². The van der Waals surface area contributed by atoms with Gasteiger partial charge in [0.2, 0.25) is 5.88 Å². The molecule has 1 aromatic heterocycles. The van der Waals surface area contributed by atoms with E-state index in [0.717, 1.165) is 16.3 Å². The van der Waals surface area contributed by atoms with Crippen molar-refractivity contribution in [2.24, 2.45) is 0 Å². The summed E-state index contributed by atoms with van der Waals surface area (Å²) < 4.78 is 24.0. The minimum absolute atomic E-state index is 0.0605. The molecule has 158 valence electrons. The Morgan fingerprint density at radius 2 is 1.97 bits per heavy atom. The molecule has 1 atom stereocenters. The van der Waals surface area contributed by atoms with Crippen molar-refractivity contribution in [1.29, 1.82) is 0 Å². The predicted molar refractivity (Wildman–Crippen MR) is 116 cm³/mol. The number of benzene rings is 2. The van der Waals surface area contributed by atoms with Gasteiger partial charge >= 0.3 is 6.03 Å². The van der Waals surface area contributed by atoms with Gasteiger partial charge in [0, 0.05) is 36.5 Å². The molecule has 0 fully saturated rings. The van der Waals surface area contributed by atoms with E-state index in [2.05, 4.69) is 10.3 Å². The van der Waals surface area contributed by atoms with E-state index in [1.165, 1.54) is 18.2 Å². The summed E-state index contributed by atoms with van der Waals surface area (Å²) in [5, 5.41) is 4.52. The number of ether oxygens (including phenoxy) is 2. The normalized spacial score (nSPS) is 11.9. The van der Waals surface area contributed by atoms with E-state index in [1.54, 1.807) is 25.3 Å². The second-order valence-electron chi connectivity index (χ2n) is 6.69. The third-order valence-electron chi connectivity index (χ3n) is 4.87. The molecular weight excluding hydrogens is 409 g/mol. The average Bonchev–Trinajstić information content (AvgIpc) is 2.75. The van der Waals surface area contributed by atoms with Crippen molar-refractivity contribution in [2.45, 2.75) is 13.0 Å². The van der Waals surface area contributed by atoms with Crippen molar-refractivity contribution in [3.63, 3.8) is 0 Å². The molecule has 2 aromatic carbocycles. The van der Waals surface area contributed by atoms with E-state index < -0.39 is 5.82 Å². The zero-order chi connectivity index (χ0) is 21.7. The van der Waals surface area contributed by atoms with Gasteiger partial charge in [-0.15, -0.1) is 0 Å². The van der Waals surface area contributed by atoms with Gasteiger partial charge in [0.1, 0.15) is 5.82 Å². The number of nitrogens with one attached hydrogen (secondary N) is 1. The van der Waals surface area contributed by atoms with Gasteiger partial charge in [-0.1, -0.05) is 29.8 Å². The lowest BCUT2D eigenvalue weighted by Gasteiger charge is -2.30. The molecule has 0 spiro atoms. The molecule has 3 rings (SSSR count). The molecule has 8 heteroatoms. The topological polar surface area (TPSA) is 63.7 Å². The number of amides is 2. The van der Waals surface area contributed by atoms with Crippen LogP contribution >= 0.6 is 11.6 Å². The van der Waals surface area contributed by atoms with Gasteiger partial charge in [-0.2, -0.15) is 0 Å². The first-order valence-electron chi connectivity index (χ1n) is 9.39. The monoisotopic (exact) mass is 431 g/mol. The fraction of sp³-hybridized carbons (Fsp3) is 0.273. The third-order valence-corrected chi connectivity index (χ3v) is 5.16. The molecule has 0 aliphatic heterocycles. The highest BCUT2D eigenvalue weighted by Crippen LogP contribution is 2.32. The number of anilines is 1. The van der Waals surface area contributed by atoms with Crippen LogP contribution in [0.5, 0.6) is 5.88 Å². The van der Waals surface area contributed by atoms with E-state index in [1.807, 2.05) is 31.2 Å². The zero-order valence-corrected chi connectivity index (χ0v) is 17.7. The Balaban J connectivity index is 1.94. The Hall–Kier alpha value is -2.90. The van der Waals surface area contributed by atoms with Gasteiger partial charge < -0.3 is 19.7 Å². The first kappa shape index (κ1) is 21.8. The summed E-state index contributed by atoms with van der Waals surface area (Å²) in [6.45, 7) is 2.62. The van der Waals surface area contributed by atoms with Crippen LogP contribution in [0, 0.1) is 5.82 Å². The summed E-state index contributed by atoms with van der Waals surface area (Å²) in [6.07, 6.45) is 1.72. The number of urea groups is 1. The molecule has 0 radical (unpaired) electrons. The Morgan fingerprint density at radius 1 is 1.23 bits per heavy atom. The number of halogens is 2. The highest BCUT2D eigenvalue weighted by atomic mass is 35.5. The molecule has 3 aromatic rings. The molecule has 1 N–H and O–H groups in total. The van der Waals surface area contributed by atoms with E-state index in [9.17, 15) is 9.18 Å². The van der Waals surface area contributed by atoms with Crippen molar-refractivity contribution in [1.82, 2.24) is 9.88 Å². The second kappa shape index (κ2) is 9.73. The van der Waals surface area contributed by atoms with Crippen LogP contribution in [-0.4, -0.2) is 43.3 Å². The van der Waals surface area contributed by atoms with Crippen molar-refractivity contribution >= 4 is 34.1 Å². The lowest BCUT2D eigenvalue weighted by molar-refractivity contribution is 0.140. The van der Waals surface area contributed by atoms with Crippen LogP contribution in [0.1, 0.15) is 18.5 Å². The van der Waals surface area contributed by atoms with E-state index in [4.69, 9.17) is 21.1 Å². The first-order chi connectivity index (χ1) is 14.5. The molecular formula is C22H23ClFN3O3. The maximum Gasteiger partial charge on any atom is 0.322 e. The van der Waals surface area contributed by atoms with Gasteiger partial charge in [0.25, 0.3) is 0 Å². The van der Waals surface area contributed by atoms with Crippen molar-refractivity contribution in [3.8, 4) is 5.88 Å². The maximum atomic E-state index is 13.4. The van der Waals surface area contributed by atoms with Crippen molar-refractivity contribution in [3.05, 3.63) is 65.1 Å². The third kappa shape index (κ3) is 4.63. The van der Waals surface area contributed by atoms with Crippen molar-refractivity contribution < 1.29 is 18.7 Å². The SMILES string of the molecule is COCCN(C(=O)Nc1ccc(F)c(Cl)c1)[C@H](C)c1cnc(OC)c2ccccc12. The summed E-state index contributed by atoms with van der Waals surface area (Å²) in [6, 6.07) is 11.1. The summed E-state index contributed by atoms with van der Waals surface area (Å²) >= 11 is 5.83. The summed E-state index contributed by atoms with van der Waals surface area (Å²) in [5.74, 6) is -0.0227. The number of aromatic nitrogens is 1. The minimum atomic E-state index is -0.546. The van der Waals surface area contributed by atoms with Gasteiger partial charge in [0.15, 0.2) is 0 Å². The standard InChI is InChI=1S/C22H23ClFN3O3/c1-14(18-13-25-21(30-3)17-7-5-4-6-16(17)18)27(10-11-29-2)22(28)26-15-8-9-20(24)19(23)12-15/h4-9,12-14H,10-11H2,1-3H3,(H,26,28)/t14-/m1/s1. The lowest BCUT2D eigenvalue weighted by atomic mass is 10.0. The first-order valence-corrected chi connectivity index (χ1v) is 9.77. The number of carbonyl (C=O) groups excluding carboxylic acids is 1. The number of methoxy groups -OCH3 is 2. The Kier molecular flexibility index (Phi) is 7.07. The predicted octanol–water partition coefficient (Wildman–Crippen LogP) is 5.28. The number of pyridine rings is 1. The maximum absolute atomic E-state index is 13.4. The largest absolute Gasteiger partial charge is 0.481 e. The average molecular weight is 432 g/mol. The quantitative estimate of drug-likeness (QED) is 0.553. The van der Waals surface area contributed by atoms with E-state index in [-0.39, 0.29) is 17.1 Å². The van der Waals surface area contributed by atoms with Crippen LogP contribution in [0.25, 0.3) is 10.8 Å².